The van der Waals surface area contributed by atoms with Crippen molar-refractivity contribution in [2.75, 3.05) is 39.6 Å². The van der Waals surface area contributed by atoms with E-state index in [9.17, 15) is 9.59 Å². The summed E-state index contributed by atoms with van der Waals surface area (Å²) in [6.07, 6.45) is 18.4. The van der Waals surface area contributed by atoms with Crippen molar-refractivity contribution in [3.63, 3.8) is 0 Å². The van der Waals surface area contributed by atoms with Gasteiger partial charge in [0.25, 0.3) is 11.1 Å². The molecule has 15 nitrogen and oxygen atoms in total. The van der Waals surface area contributed by atoms with Gasteiger partial charge in [0.2, 0.25) is 5.28 Å². The van der Waals surface area contributed by atoms with Crippen LogP contribution in [-0.4, -0.2) is 95.3 Å². The maximum Gasteiger partial charge on any atom is 0.317 e. The minimum Gasteiger partial charge on any atom is -0.460 e. The molecular weight excluding hydrogens is 740 g/mol. The largest absolute Gasteiger partial charge is 0.460 e. The number of aliphatic hydroxyl groups excluding tert-OH is 1. The van der Waals surface area contributed by atoms with Gasteiger partial charge in [-0.15, -0.1) is 10.2 Å². The first-order chi connectivity index (χ1) is 27.1. The van der Waals surface area contributed by atoms with Crippen molar-refractivity contribution in [1.82, 2.24) is 38.3 Å². The average Bonchev–Trinajstić information content (AvgIpc) is 4.03. The maximum absolute atomic E-state index is 12.7. The third kappa shape index (κ3) is 10.8. The molecule has 0 bridgehead atoms. The Bertz CT molecular complexity index is 1930. The number of aromatic nitrogens is 8. The Hall–Kier alpha value is -3.37. The van der Waals surface area contributed by atoms with Gasteiger partial charge in [0, 0.05) is 65.6 Å². The Morgan fingerprint density at radius 2 is 1.09 bits per heavy atom. The van der Waals surface area contributed by atoms with E-state index in [0.717, 1.165) is 114 Å². The van der Waals surface area contributed by atoms with E-state index in [0.29, 0.717) is 17.0 Å². The van der Waals surface area contributed by atoms with Gasteiger partial charge >= 0.3 is 6.01 Å². The predicted octanol–water partition coefficient (Wildman–Crippen LogP) is 5.61. The van der Waals surface area contributed by atoms with Crippen molar-refractivity contribution in [3.8, 4) is 6.01 Å². The molecule has 2 saturated carbocycles. The molecule has 4 aromatic heterocycles. The molecule has 5 fully saturated rings. The number of rotatable bonds is 4. The summed E-state index contributed by atoms with van der Waals surface area (Å²) in [7, 11) is 3.32. The van der Waals surface area contributed by atoms with Crippen LogP contribution in [-0.2, 0) is 28.3 Å². The first-order valence-electron chi connectivity index (χ1n) is 20.7. The van der Waals surface area contributed by atoms with E-state index in [4.69, 9.17) is 35.7 Å². The monoisotopic (exact) mass is 800 g/mol. The van der Waals surface area contributed by atoms with Gasteiger partial charge < -0.3 is 24.1 Å². The second kappa shape index (κ2) is 20.4. The number of hydrogen-bond donors (Lipinski definition) is 1. The van der Waals surface area contributed by atoms with E-state index in [2.05, 4.69) is 34.0 Å². The zero-order chi connectivity index (χ0) is 39.6. The lowest BCUT2D eigenvalue weighted by molar-refractivity contribution is 0.0829. The molecule has 310 valence electrons. The van der Waals surface area contributed by atoms with Gasteiger partial charge in [0.1, 0.15) is 17.8 Å². The van der Waals surface area contributed by atoms with Crippen molar-refractivity contribution in [1.29, 1.82) is 0 Å². The van der Waals surface area contributed by atoms with Gasteiger partial charge in [0.05, 0.1) is 18.5 Å². The van der Waals surface area contributed by atoms with Crippen molar-refractivity contribution in [3.05, 3.63) is 50.0 Å². The molecule has 1 N–H and O–H groups in total. The molecule has 4 aromatic rings. The predicted molar refractivity (Wildman–Crippen MR) is 213 cm³/mol. The molecule has 0 amide bonds. The minimum absolute atomic E-state index is 0.0196. The Kier molecular flexibility index (Phi) is 15.4. The fourth-order valence-corrected chi connectivity index (χ4v) is 8.01. The van der Waals surface area contributed by atoms with Crippen LogP contribution in [0, 0.1) is 11.8 Å². The van der Waals surface area contributed by atoms with Crippen LogP contribution in [0.15, 0.2) is 22.0 Å². The van der Waals surface area contributed by atoms with E-state index in [1.807, 2.05) is 0 Å². The number of aliphatic hydroxyl groups is 1. The van der Waals surface area contributed by atoms with Crippen LogP contribution in [0.25, 0.3) is 11.0 Å². The second-order valence-electron chi connectivity index (χ2n) is 16.1. The second-order valence-corrected chi connectivity index (χ2v) is 16.5. The number of halogens is 1. The molecule has 0 aromatic carbocycles. The summed E-state index contributed by atoms with van der Waals surface area (Å²) >= 11 is 5.94. The normalized spacial score (nSPS) is 24.8. The fraction of sp³-hybridized carbons (Fsp3) is 0.750. The van der Waals surface area contributed by atoms with E-state index >= 15 is 0 Å². The van der Waals surface area contributed by atoms with Gasteiger partial charge in [-0.25, -0.2) is 19.0 Å². The molecule has 0 unspecified atom stereocenters. The Labute approximate surface area is 333 Å². The van der Waals surface area contributed by atoms with Crippen LogP contribution in [0.5, 0.6) is 6.01 Å². The van der Waals surface area contributed by atoms with Crippen LogP contribution in [0.2, 0.25) is 5.28 Å². The summed E-state index contributed by atoms with van der Waals surface area (Å²) in [4.78, 5) is 33.5. The van der Waals surface area contributed by atoms with Crippen molar-refractivity contribution in [2.45, 2.75) is 128 Å². The van der Waals surface area contributed by atoms with Crippen LogP contribution < -0.4 is 15.9 Å². The molecule has 0 atom stereocenters. The number of nitrogens with zero attached hydrogens (tertiary/aromatic N) is 8. The highest BCUT2D eigenvalue weighted by atomic mass is 35.5. The summed E-state index contributed by atoms with van der Waals surface area (Å²) in [5, 5.41) is 18.0. The molecule has 2 aliphatic carbocycles. The molecule has 56 heavy (non-hydrogen) atoms. The standard InChI is InChI=1S/C18H26N4O3.C11H13ClN4O2.C7H14O.C4H8O/c1-12-3-5-14(6-4-12)25-18-20-22-15(17(23)21(18)2)11-19-16(22)13-7-9-24-10-8-13;1-15-10(17)8-6-13-9(16(8)14-11(15)12)7-2-4-18-5-3-7;1-6-2-4-7(8)5-3-6;1-2-4-5-3-1/h11-14H,3-10H2,1-2H3;6-7H,2-5H2,1H3;6-8H,2-5H2,1H3;1-4H2. The molecule has 9 rings (SSSR count). The van der Waals surface area contributed by atoms with Crippen LogP contribution >= 0.6 is 11.6 Å². The molecule has 0 spiro atoms. The molecule has 0 radical (unpaired) electrons. The summed E-state index contributed by atoms with van der Waals surface area (Å²) in [6, 6.07) is 0.392. The maximum atomic E-state index is 12.7. The number of ether oxygens (including phenoxy) is 4. The topological polar surface area (TPSA) is 162 Å². The zero-order valence-corrected chi connectivity index (χ0v) is 34.4. The van der Waals surface area contributed by atoms with E-state index in [1.165, 1.54) is 47.7 Å². The highest BCUT2D eigenvalue weighted by molar-refractivity contribution is 6.28. The van der Waals surface area contributed by atoms with Crippen molar-refractivity contribution >= 4 is 22.6 Å². The smallest absolute Gasteiger partial charge is 0.317 e. The molecule has 5 aliphatic rings. The van der Waals surface area contributed by atoms with Gasteiger partial charge in [-0.2, -0.15) is 0 Å². The molecular formula is C40H61ClN8O7. The number of hydrogen-bond acceptors (Lipinski definition) is 11. The van der Waals surface area contributed by atoms with Gasteiger partial charge in [-0.3, -0.25) is 18.7 Å². The quantitative estimate of drug-likeness (QED) is 0.273. The fourth-order valence-electron chi connectivity index (χ4n) is 7.86. The van der Waals surface area contributed by atoms with Gasteiger partial charge in [0.15, 0.2) is 11.0 Å². The minimum atomic E-state index is -0.180. The lowest BCUT2D eigenvalue weighted by Crippen LogP contribution is -2.29. The van der Waals surface area contributed by atoms with Crippen LogP contribution in [0.3, 0.4) is 0 Å². The summed E-state index contributed by atoms with van der Waals surface area (Å²) < 4.78 is 27.9. The van der Waals surface area contributed by atoms with Crippen molar-refractivity contribution in [2.24, 2.45) is 25.9 Å². The number of fused-ring (bicyclic) bond motifs is 2. The number of imidazole rings is 2. The zero-order valence-electron chi connectivity index (χ0n) is 33.6. The van der Waals surface area contributed by atoms with Crippen molar-refractivity contribution < 1.29 is 24.1 Å². The molecule has 3 aliphatic heterocycles. The SMILES string of the molecule is C1CCOC1.CC1CCC(O)CC1.CC1CCC(Oc2nn3c(C4CCOCC4)ncc3c(=O)n2C)CC1.Cn1c(Cl)nn2c(C3CCOCC3)ncc2c1=O. The highest BCUT2D eigenvalue weighted by Gasteiger charge is 2.26. The van der Waals surface area contributed by atoms with E-state index in [-0.39, 0.29) is 40.4 Å². The Morgan fingerprint density at radius 3 is 1.55 bits per heavy atom. The van der Waals surface area contributed by atoms with Crippen LogP contribution in [0.4, 0.5) is 0 Å². The summed E-state index contributed by atoms with van der Waals surface area (Å²) in [5.41, 5.74) is 0.679. The van der Waals surface area contributed by atoms with Crippen LogP contribution in [0.1, 0.15) is 127 Å². The first kappa shape index (κ1) is 42.2. The average molecular weight is 801 g/mol. The molecule has 16 heteroatoms. The van der Waals surface area contributed by atoms with Gasteiger partial charge in [-0.05, 0) is 113 Å². The Balaban J connectivity index is 0.000000148. The molecule has 3 saturated heterocycles. The third-order valence-electron chi connectivity index (χ3n) is 11.7. The third-order valence-corrected chi connectivity index (χ3v) is 12.1. The lowest BCUT2D eigenvalue weighted by atomic mass is 9.89. The Morgan fingerprint density at radius 1 is 0.643 bits per heavy atom. The highest BCUT2D eigenvalue weighted by Crippen LogP contribution is 2.29. The lowest BCUT2D eigenvalue weighted by Gasteiger charge is -2.27. The van der Waals surface area contributed by atoms with Gasteiger partial charge in [-0.1, -0.05) is 13.8 Å². The van der Waals surface area contributed by atoms with E-state index < -0.39 is 0 Å². The summed E-state index contributed by atoms with van der Waals surface area (Å²) in [6.45, 7) is 9.44. The van der Waals surface area contributed by atoms with E-state index in [1.54, 1.807) is 35.5 Å². The first-order valence-corrected chi connectivity index (χ1v) is 21.1. The molecule has 7 heterocycles. The summed E-state index contributed by atoms with van der Waals surface area (Å²) in [5.74, 6) is 3.81.